The molecule has 4 saturated heterocycles. The number of ether oxygens (including phenoxy) is 4. The number of phenolic OH excluding ortho intramolecular Hbond substituents is 1. The van der Waals surface area contributed by atoms with Crippen molar-refractivity contribution in [2.24, 2.45) is 0 Å². The number of anilines is 3. The molecule has 1 atom stereocenters. The summed E-state index contributed by atoms with van der Waals surface area (Å²) in [6.45, 7) is 73.7. The van der Waals surface area contributed by atoms with Crippen LogP contribution >= 0.6 is 0 Å². The number of hydrogen-bond acceptors (Lipinski definition) is 22. The molecule has 102 heavy (non-hydrogen) atoms. The SMILES string of the molecule is CC(C)N1CCCOCC1.CC(C)N1CCN(C)CC1.CC(C)N1CCNCC1.CC(C)N1CCOCC1.CC(C)NCCOCCO.CC(C)Nc1ccc(N)cc1.CC(C)Nc1ccc(O)cc1.CCCCN(CCOCCO)C(C)C.CC[C@@H](CO)NC(C)C.CNCCN(C)C(C)C. The Morgan fingerprint density at radius 2 is 0.971 bits per heavy atom. The van der Waals surface area contributed by atoms with Gasteiger partial charge in [0.05, 0.1) is 66.1 Å². The largest absolute Gasteiger partial charge is 0.508 e. The molecule has 0 aromatic heterocycles. The summed E-state index contributed by atoms with van der Waals surface area (Å²) >= 11 is 0. The minimum absolute atomic E-state index is 0.113. The molecule has 0 spiro atoms. The maximum Gasteiger partial charge on any atom is 0.115 e. The van der Waals surface area contributed by atoms with Crippen LogP contribution < -0.4 is 37.6 Å². The lowest BCUT2D eigenvalue weighted by molar-refractivity contribution is 0.0238. The summed E-state index contributed by atoms with van der Waals surface area (Å²) in [6.07, 6.45) is 4.67. The van der Waals surface area contributed by atoms with Gasteiger partial charge in [-0.15, -0.1) is 0 Å². The second kappa shape index (κ2) is 72.1. The highest BCUT2D eigenvalue weighted by Gasteiger charge is 2.17. The second-order valence-electron chi connectivity index (χ2n) is 29.5. The molecule has 0 aliphatic carbocycles. The monoisotopic (exact) mass is 1460 g/mol. The van der Waals surface area contributed by atoms with Gasteiger partial charge in [0.15, 0.2) is 0 Å². The van der Waals surface area contributed by atoms with Gasteiger partial charge in [-0.3, -0.25) is 24.5 Å². The Balaban J connectivity index is -0.000000524. The number of aliphatic hydroxyl groups excluding tert-OH is 3. The first-order valence-corrected chi connectivity index (χ1v) is 39.6. The molecule has 2 aromatic rings. The van der Waals surface area contributed by atoms with Crippen LogP contribution in [0.4, 0.5) is 17.1 Å². The zero-order valence-electron chi connectivity index (χ0n) is 70.7. The van der Waals surface area contributed by atoms with Crippen molar-refractivity contribution in [3.05, 3.63) is 48.5 Å². The molecule has 22 nitrogen and oxygen atoms in total. The third kappa shape index (κ3) is 69.9. The summed E-state index contributed by atoms with van der Waals surface area (Å²) < 4.78 is 20.8. The number of aromatic hydroxyl groups is 1. The van der Waals surface area contributed by atoms with E-state index in [4.69, 9.17) is 45.1 Å². The van der Waals surface area contributed by atoms with Gasteiger partial charge in [0.25, 0.3) is 0 Å². The minimum Gasteiger partial charge on any atom is -0.508 e. The number of morpholine rings is 1. The molecule has 4 aliphatic heterocycles. The fourth-order valence-electron chi connectivity index (χ4n) is 9.96. The van der Waals surface area contributed by atoms with E-state index in [-0.39, 0.29) is 25.9 Å². The first-order valence-electron chi connectivity index (χ1n) is 39.6. The quantitative estimate of drug-likeness (QED) is 0.0191. The van der Waals surface area contributed by atoms with E-state index in [9.17, 15) is 0 Å². The van der Waals surface area contributed by atoms with E-state index in [1.807, 2.05) is 43.4 Å². The Morgan fingerprint density at radius 3 is 1.35 bits per heavy atom. The normalized spacial score (nSPS) is 15.8. The molecule has 4 aliphatic rings. The molecule has 4 fully saturated rings. The van der Waals surface area contributed by atoms with Gasteiger partial charge < -0.3 is 86.8 Å². The van der Waals surface area contributed by atoms with Crippen molar-refractivity contribution in [1.82, 2.24) is 55.6 Å². The van der Waals surface area contributed by atoms with E-state index >= 15 is 0 Å². The lowest BCUT2D eigenvalue weighted by Crippen LogP contribution is -2.47. The Labute approximate surface area is 629 Å². The molecule has 0 bridgehead atoms. The number of rotatable bonds is 31. The van der Waals surface area contributed by atoms with Crippen LogP contribution in [0.1, 0.15) is 178 Å². The van der Waals surface area contributed by atoms with Crippen LogP contribution in [-0.4, -0.2) is 326 Å². The molecule has 0 unspecified atom stereocenters. The van der Waals surface area contributed by atoms with Crippen molar-refractivity contribution < 1.29 is 39.4 Å². The number of nitrogens with two attached hydrogens (primary N) is 1. The first kappa shape index (κ1) is 105. The molecule has 22 heteroatoms. The van der Waals surface area contributed by atoms with Gasteiger partial charge in [-0.25, -0.2) is 0 Å². The Bertz CT molecular complexity index is 1890. The van der Waals surface area contributed by atoms with Gasteiger partial charge >= 0.3 is 0 Å². The molecule has 608 valence electrons. The van der Waals surface area contributed by atoms with Crippen molar-refractivity contribution in [2.75, 3.05) is 221 Å². The zero-order chi connectivity index (χ0) is 78.1. The van der Waals surface area contributed by atoms with Gasteiger partial charge in [-0.1, -0.05) is 48.0 Å². The molecule has 0 amide bonds. The van der Waals surface area contributed by atoms with Crippen LogP contribution in [-0.2, 0) is 18.9 Å². The maximum absolute atomic E-state index is 8.96. The number of nitrogens with zero attached hydrogens (tertiary/aromatic N) is 7. The molecular formula is C80H170N14O8. The standard InChI is InChI=1S/C11H25NO2.C9H14N2.C9H13NO.C8H18N2.C8H17NO.C7H16N2.C7H18N2.C7H17NO2.C7H15NO.C7H17NO/c1-4-5-6-12(11(2)3)7-9-14-10-8-13;1-7(2)11-9-5-3-8(10)4-6-9;1-7(2)10-8-3-5-9(11)6-4-8;1-8(2)10-6-4-9(3)5-7-10;1-8(2)9-4-3-6-10-7-5-9;1-7(2)9-5-3-8-4-6-9;1-7(2)9(4)6-5-8-3;1-7(2)8-3-5-10-6-4-9;1-7(2)8-3-5-9-6-4-8;1-4-7(5-9)8-6(2)3/h11,13H,4-10H2,1-3H3;3-7,11H,10H2,1-2H3;3-7,10-11H,1-2H3;8H,4-7H2,1-3H3;8H,3-7H2,1-2H3;7-8H,3-6H2,1-2H3;7-8H,5-6H2,1-4H3;7-9H,3-6H2,1-2H3;7H,3-6H2,1-2H3;6-9H,4-5H2,1-3H3/t;;;;;;;;;7-/m.........0/s1. The predicted octanol–water partition coefficient (Wildman–Crippen LogP) is 9.89. The third-order valence-corrected chi connectivity index (χ3v) is 16.8. The van der Waals surface area contributed by atoms with Gasteiger partial charge in [0, 0.05) is 195 Å². The maximum atomic E-state index is 8.96. The third-order valence-electron chi connectivity index (χ3n) is 16.8. The van der Waals surface area contributed by atoms with Crippen LogP contribution in [0.5, 0.6) is 5.75 Å². The average Bonchev–Trinajstić information content (AvgIpc) is 1.06. The Kier molecular flexibility index (Phi) is 74.5. The average molecular weight is 1460 g/mol. The van der Waals surface area contributed by atoms with E-state index < -0.39 is 0 Å². The van der Waals surface area contributed by atoms with Gasteiger partial charge in [0.1, 0.15) is 5.75 Å². The summed E-state index contributed by atoms with van der Waals surface area (Å²) in [5.41, 5.74) is 8.49. The summed E-state index contributed by atoms with van der Waals surface area (Å²) in [7, 11) is 6.31. The van der Waals surface area contributed by atoms with Crippen molar-refractivity contribution >= 4 is 17.1 Å². The highest BCUT2D eigenvalue weighted by molar-refractivity contribution is 5.51. The van der Waals surface area contributed by atoms with Crippen LogP contribution in [0.3, 0.4) is 0 Å². The van der Waals surface area contributed by atoms with Crippen LogP contribution in [0.15, 0.2) is 48.5 Å². The molecule has 2 aromatic carbocycles. The van der Waals surface area contributed by atoms with Crippen molar-refractivity contribution in [3.63, 3.8) is 0 Å². The van der Waals surface area contributed by atoms with E-state index in [2.05, 4.69) is 233 Å². The fraction of sp³-hybridized carbons (Fsp3) is 0.850. The summed E-state index contributed by atoms with van der Waals surface area (Å²) in [4.78, 5) is 17.0. The number of hydrogen-bond donors (Lipinski definition) is 11. The number of piperazine rings is 2. The minimum atomic E-state index is 0.113. The Morgan fingerprint density at radius 1 is 0.520 bits per heavy atom. The second-order valence-corrected chi connectivity index (χ2v) is 29.5. The number of phenols is 1. The number of likely N-dealkylation sites (N-methyl/N-ethyl adjacent to an activating group) is 3. The summed E-state index contributed by atoms with van der Waals surface area (Å²) in [5.74, 6) is 0.305. The number of benzene rings is 2. The number of nitrogen functional groups attached to an aromatic ring is 1. The lowest BCUT2D eigenvalue weighted by Gasteiger charge is -2.34. The van der Waals surface area contributed by atoms with E-state index in [0.29, 0.717) is 73.9 Å². The molecule has 6 rings (SSSR count). The van der Waals surface area contributed by atoms with Crippen molar-refractivity contribution in [2.45, 2.75) is 244 Å². The molecule has 0 saturated carbocycles. The smallest absolute Gasteiger partial charge is 0.115 e. The predicted molar refractivity (Wildman–Crippen MR) is 442 cm³/mol. The molecule has 12 N–H and O–H groups in total. The molecule has 4 heterocycles. The first-order chi connectivity index (χ1) is 48.3. The number of aliphatic hydroxyl groups is 3. The van der Waals surface area contributed by atoms with Crippen LogP contribution in [0.2, 0.25) is 0 Å². The molecular weight excluding hydrogens is 1280 g/mol. The molecule has 0 radical (unpaired) electrons. The number of unbranched alkanes of at least 4 members (excludes halogenated alkanes) is 1. The van der Waals surface area contributed by atoms with Crippen molar-refractivity contribution in [1.29, 1.82) is 0 Å². The van der Waals surface area contributed by atoms with E-state index in [1.54, 1.807) is 12.1 Å². The summed E-state index contributed by atoms with van der Waals surface area (Å²) in [5, 5.41) is 53.9. The van der Waals surface area contributed by atoms with E-state index in [1.165, 1.54) is 65.1 Å². The van der Waals surface area contributed by atoms with Crippen molar-refractivity contribution in [3.8, 4) is 5.75 Å². The van der Waals surface area contributed by atoms with Crippen LogP contribution in [0, 0.1) is 0 Å². The zero-order valence-corrected chi connectivity index (χ0v) is 70.7. The van der Waals surface area contributed by atoms with Gasteiger partial charge in [-0.05, 0) is 206 Å². The highest BCUT2D eigenvalue weighted by atomic mass is 16.5. The fourth-order valence-corrected chi connectivity index (χ4v) is 9.96. The topological polar surface area (TPSA) is 239 Å². The van der Waals surface area contributed by atoms with Crippen LogP contribution in [0.25, 0.3) is 0 Å². The van der Waals surface area contributed by atoms with Gasteiger partial charge in [0.2, 0.25) is 0 Å². The van der Waals surface area contributed by atoms with E-state index in [0.717, 1.165) is 134 Å². The van der Waals surface area contributed by atoms with Gasteiger partial charge in [-0.2, -0.15) is 0 Å². The Hall–Kier alpha value is -3.08. The summed E-state index contributed by atoms with van der Waals surface area (Å²) in [6, 6.07) is 21.1. The lowest BCUT2D eigenvalue weighted by atomic mass is 10.2. The highest BCUT2D eigenvalue weighted by Crippen LogP contribution is 2.15. The number of nitrogens with one attached hydrogen (secondary N) is 6.